The molecule has 0 aliphatic rings. The summed E-state index contributed by atoms with van der Waals surface area (Å²) in [6, 6.07) is 2.59. The zero-order valence-corrected chi connectivity index (χ0v) is 10.5. The van der Waals surface area contributed by atoms with Gasteiger partial charge in [0.05, 0.1) is 5.88 Å². The summed E-state index contributed by atoms with van der Waals surface area (Å²) in [5.41, 5.74) is 2.33. The Balaban J connectivity index is 3.00. The van der Waals surface area contributed by atoms with Crippen molar-refractivity contribution in [3.05, 3.63) is 24.0 Å². The van der Waals surface area contributed by atoms with Crippen LogP contribution in [0, 0.1) is 0 Å². The van der Waals surface area contributed by atoms with E-state index in [2.05, 4.69) is 30.7 Å². The van der Waals surface area contributed by atoms with Crippen LogP contribution in [0.15, 0.2) is 18.5 Å². The minimum Gasteiger partial charge on any atom is -0.369 e. The maximum atomic E-state index is 5.91. The van der Waals surface area contributed by atoms with Crippen LogP contribution in [0.3, 0.4) is 0 Å². The second kappa shape index (κ2) is 5.96. The van der Waals surface area contributed by atoms with Gasteiger partial charge in [0, 0.05) is 36.2 Å². The Morgan fingerprint density at radius 3 is 2.73 bits per heavy atom. The molecule has 0 aliphatic heterocycles. The third kappa shape index (κ3) is 2.85. The number of rotatable bonds is 5. The van der Waals surface area contributed by atoms with Crippen molar-refractivity contribution in [1.82, 2.24) is 4.98 Å². The molecule has 0 aromatic carbocycles. The smallest absolute Gasteiger partial charge is 0.0509 e. The van der Waals surface area contributed by atoms with Gasteiger partial charge >= 0.3 is 0 Å². The first-order valence-corrected chi connectivity index (χ1v) is 6.03. The van der Waals surface area contributed by atoms with Gasteiger partial charge in [0.1, 0.15) is 0 Å². The van der Waals surface area contributed by atoms with Gasteiger partial charge in [-0.2, -0.15) is 0 Å². The molecule has 15 heavy (non-hydrogen) atoms. The number of pyridine rings is 1. The minimum atomic E-state index is 0.524. The Morgan fingerprint density at radius 1 is 1.47 bits per heavy atom. The van der Waals surface area contributed by atoms with Crippen LogP contribution in [-0.2, 0) is 5.88 Å². The van der Waals surface area contributed by atoms with Gasteiger partial charge in [-0.05, 0) is 26.3 Å². The van der Waals surface area contributed by atoms with Crippen LogP contribution < -0.4 is 4.90 Å². The fourth-order valence-corrected chi connectivity index (χ4v) is 1.95. The lowest BCUT2D eigenvalue weighted by atomic mass is 10.1. The number of alkyl halides is 1. The normalized spacial score (nSPS) is 12.5. The van der Waals surface area contributed by atoms with Crippen molar-refractivity contribution in [2.75, 3.05) is 11.4 Å². The number of hydrogen-bond acceptors (Lipinski definition) is 2. The van der Waals surface area contributed by atoms with Crippen molar-refractivity contribution in [3.63, 3.8) is 0 Å². The maximum absolute atomic E-state index is 5.91. The highest BCUT2D eigenvalue weighted by Gasteiger charge is 2.13. The lowest BCUT2D eigenvalue weighted by Crippen LogP contribution is -2.33. The van der Waals surface area contributed by atoms with Crippen LogP contribution in [0.5, 0.6) is 0 Å². The Kier molecular flexibility index (Phi) is 4.89. The number of anilines is 1. The third-order valence-electron chi connectivity index (χ3n) is 2.79. The second-order valence-corrected chi connectivity index (χ2v) is 3.95. The molecule has 0 aliphatic carbocycles. The van der Waals surface area contributed by atoms with E-state index in [1.54, 1.807) is 0 Å². The molecule has 0 spiro atoms. The molecule has 0 amide bonds. The monoisotopic (exact) mass is 226 g/mol. The van der Waals surface area contributed by atoms with Gasteiger partial charge in [0.25, 0.3) is 0 Å². The molecular formula is C12H19ClN2. The molecule has 0 bridgehead atoms. The zero-order chi connectivity index (χ0) is 11.3. The van der Waals surface area contributed by atoms with Crippen molar-refractivity contribution >= 4 is 17.3 Å². The van der Waals surface area contributed by atoms with Gasteiger partial charge in [-0.25, -0.2) is 0 Å². The van der Waals surface area contributed by atoms with Crippen LogP contribution in [0.4, 0.5) is 5.69 Å². The van der Waals surface area contributed by atoms with Gasteiger partial charge < -0.3 is 4.90 Å². The molecule has 1 aromatic heterocycles. The fraction of sp³-hybridized carbons (Fsp3) is 0.583. The Bertz CT molecular complexity index is 301. The SMILES string of the molecule is CCC(C)N(CC)c1ccncc1CCl. The second-order valence-electron chi connectivity index (χ2n) is 3.68. The van der Waals surface area contributed by atoms with E-state index >= 15 is 0 Å². The number of aromatic nitrogens is 1. The van der Waals surface area contributed by atoms with Crippen molar-refractivity contribution in [1.29, 1.82) is 0 Å². The number of hydrogen-bond donors (Lipinski definition) is 0. The quantitative estimate of drug-likeness (QED) is 0.715. The van der Waals surface area contributed by atoms with E-state index in [1.165, 1.54) is 5.69 Å². The molecule has 0 fully saturated rings. The largest absolute Gasteiger partial charge is 0.369 e. The topological polar surface area (TPSA) is 16.1 Å². The van der Waals surface area contributed by atoms with E-state index in [0.29, 0.717) is 11.9 Å². The first-order chi connectivity index (χ1) is 7.24. The van der Waals surface area contributed by atoms with E-state index in [9.17, 15) is 0 Å². The van der Waals surface area contributed by atoms with Crippen LogP contribution >= 0.6 is 11.6 Å². The van der Waals surface area contributed by atoms with Gasteiger partial charge in [-0.15, -0.1) is 11.6 Å². The Morgan fingerprint density at radius 2 is 2.20 bits per heavy atom. The maximum Gasteiger partial charge on any atom is 0.0509 e. The first kappa shape index (κ1) is 12.3. The van der Waals surface area contributed by atoms with E-state index < -0.39 is 0 Å². The zero-order valence-electron chi connectivity index (χ0n) is 9.70. The predicted octanol–water partition coefficient (Wildman–Crippen LogP) is 3.45. The molecule has 0 radical (unpaired) electrons. The van der Waals surface area contributed by atoms with Gasteiger partial charge in [0.2, 0.25) is 0 Å². The van der Waals surface area contributed by atoms with Crippen molar-refractivity contribution in [2.45, 2.75) is 39.1 Å². The van der Waals surface area contributed by atoms with Gasteiger partial charge in [0.15, 0.2) is 0 Å². The molecule has 0 saturated carbocycles. The van der Waals surface area contributed by atoms with Crippen molar-refractivity contribution in [2.24, 2.45) is 0 Å². The molecule has 2 nitrogen and oxygen atoms in total. The summed E-state index contributed by atoms with van der Waals surface area (Å²) in [7, 11) is 0. The van der Waals surface area contributed by atoms with Gasteiger partial charge in [-0.3, -0.25) is 4.98 Å². The van der Waals surface area contributed by atoms with E-state index in [1.807, 2.05) is 18.5 Å². The van der Waals surface area contributed by atoms with Crippen LogP contribution in [-0.4, -0.2) is 17.6 Å². The van der Waals surface area contributed by atoms with Gasteiger partial charge in [-0.1, -0.05) is 6.92 Å². The average Bonchev–Trinajstić information content (AvgIpc) is 2.30. The molecule has 1 unspecified atom stereocenters. The van der Waals surface area contributed by atoms with E-state index in [4.69, 9.17) is 11.6 Å². The standard InChI is InChI=1S/C12H19ClN2/c1-4-10(3)15(5-2)12-6-7-14-9-11(12)8-13/h6-7,9-10H,4-5,8H2,1-3H3. The molecule has 1 heterocycles. The molecule has 0 saturated heterocycles. The number of halogens is 1. The molecule has 84 valence electrons. The summed E-state index contributed by atoms with van der Waals surface area (Å²) in [4.78, 5) is 6.48. The third-order valence-corrected chi connectivity index (χ3v) is 3.08. The fourth-order valence-electron chi connectivity index (χ4n) is 1.74. The summed E-state index contributed by atoms with van der Waals surface area (Å²) in [5, 5.41) is 0. The summed E-state index contributed by atoms with van der Waals surface area (Å²) in [5.74, 6) is 0.524. The predicted molar refractivity (Wildman–Crippen MR) is 66.6 cm³/mol. The molecular weight excluding hydrogens is 208 g/mol. The summed E-state index contributed by atoms with van der Waals surface area (Å²) < 4.78 is 0. The lowest BCUT2D eigenvalue weighted by molar-refractivity contribution is 0.628. The van der Waals surface area contributed by atoms with E-state index in [-0.39, 0.29) is 0 Å². The Hall–Kier alpha value is -0.760. The van der Waals surface area contributed by atoms with Crippen molar-refractivity contribution in [3.8, 4) is 0 Å². The summed E-state index contributed by atoms with van der Waals surface area (Å²) in [6.07, 6.45) is 4.82. The minimum absolute atomic E-state index is 0.524. The van der Waals surface area contributed by atoms with Crippen LogP contribution in [0.25, 0.3) is 0 Å². The highest BCUT2D eigenvalue weighted by molar-refractivity contribution is 6.17. The molecule has 1 rings (SSSR count). The van der Waals surface area contributed by atoms with Crippen LogP contribution in [0.2, 0.25) is 0 Å². The highest BCUT2D eigenvalue weighted by Crippen LogP contribution is 2.23. The van der Waals surface area contributed by atoms with E-state index in [0.717, 1.165) is 18.5 Å². The van der Waals surface area contributed by atoms with Crippen LogP contribution in [0.1, 0.15) is 32.8 Å². The molecule has 1 aromatic rings. The summed E-state index contributed by atoms with van der Waals surface area (Å²) in [6.45, 7) is 7.62. The lowest BCUT2D eigenvalue weighted by Gasteiger charge is -2.30. The Labute approximate surface area is 97.3 Å². The summed E-state index contributed by atoms with van der Waals surface area (Å²) >= 11 is 5.91. The first-order valence-electron chi connectivity index (χ1n) is 5.50. The molecule has 3 heteroatoms. The molecule has 0 N–H and O–H groups in total. The molecule has 1 atom stereocenters. The van der Waals surface area contributed by atoms with Crippen molar-refractivity contribution < 1.29 is 0 Å². The number of nitrogens with zero attached hydrogens (tertiary/aromatic N) is 2. The highest BCUT2D eigenvalue weighted by atomic mass is 35.5. The average molecular weight is 227 g/mol.